The fourth-order valence-corrected chi connectivity index (χ4v) is 3.96. The topological polar surface area (TPSA) is 81.8 Å². The van der Waals surface area contributed by atoms with Crippen molar-refractivity contribution in [3.05, 3.63) is 99.8 Å². The molecule has 4 rings (SSSR count). The summed E-state index contributed by atoms with van der Waals surface area (Å²) in [5.41, 5.74) is -0.483. The van der Waals surface area contributed by atoms with Crippen LogP contribution in [0.5, 0.6) is 0 Å². The number of carbonyl (C=O) groups is 3. The lowest BCUT2D eigenvalue weighted by atomic mass is 10.1. The number of hydrogen-bond acceptors (Lipinski definition) is 3. The highest BCUT2D eigenvalue weighted by Gasteiger charge is 2.37. The maximum Gasteiger partial charge on any atom is 0.323 e. The average molecular weight is 553 g/mol. The molecule has 1 aliphatic rings. The molecule has 0 aromatic heterocycles. The number of halogens is 6. The van der Waals surface area contributed by atoms with Crippen molar-refractivity contribution in [3.8, 4) is 0 Å². The summed E-state index contributed by atoms with van der Waals surface area (Å²) in [6.07, 6.45) is 0. The third kappa shape index (κ3) is 6.02. The summed E-state index contributed by atoms with van der Waals surface area (Å²) >= 11 is 5.75. The van der Waals surface area contributed by atoms with E-state index in [0.29, 0.717) is 12.1 Å². The van der Waals surface area contributed by atoms with Gasteiger partial charge >= 0.3 is 6.03 Å². The first-order valence-electron chi connectivity index (χ1n) is 11.0. The SMILES string of the molecule is O=C(NC1CN(C(=O)Nc2ccc(F)c(Cl)c2)CN(Cc2ccc(F)cc2F)C1=O)c1ccc(F)cc1F. The van der Waals surface area contributed by atoms with Gasteiger partial charge in [-0.3, -0.25) is 9.59 Å². The van der Waals surface area contributed by atoms with Crippen LogP contribution < -0.4 is 10.6 Å². The van der Waals surface area contributed by atoms with E-state index < -0.39 is 65.1 Å². The number of amides is 4. The molecule has 3 aromatic carbocycles. The van der Waals surface area contributed by atoms with Crippen molar-refractivity contribution in [2.75, 3.05) is 18.5 Å². The largest absolute Gasteiger partial charge is 0.338 e. The molecule has 13 heteroatoms. The van der Waals surface area contributed by atoms with Crippen LogP contribution in [0.4, 0.5) is 32.4 Å². The lowest BCUT2D eigenvalue weighted by Crippen LogP contribution is -2.62. The van der Waals surface area contributed by atoms with Crippen LogP contribution in [0.3, 0.4) is 0 Å². The van der Waals surface area contributed by atoms with Crippen LogP contribution in [0.25, 0.3) is 0 Å². The second-order valence-corrected chi connectivity index (χ2v) is 8.75. The van der Waals surface area contributed by atoms with E-state index in [1.54, 1.807) is 0 Å². The van der Waals surface area contributed by atoms with E-state index in [4.69, 9.17) is 11.6 Å². The normalized spacial score (nSPS) is 15.4. The number of rotatable bonds is 5. The standard InChI is InChI=1S/C25H18ClF5N4O3/c26-18-9-16(4-6-19(18)29)32-25(38)35-11-22(33-23(36)17-5-3-15(28)8-21(17)31)24(37)34(12-35)10-13-1-2-14(27)7-20(13)30/h1-9,22H,10-12H2,(H,32,38)(H,33,36). The van der Waals surface area contributed by atoms with E-state index >= 15 is 0 Å². The summed E-state index contributed by atoms with van der Waals surface area (Å²) in [5, 5.41) is 4.54. The Hall–Kier alpha value is -4.19. The van der Waals surface area contributed by atoms with Gasteiger partial charge in [0.15, 0.2) is 0 Å². The zero-order chi connectivity index (χ0) is 27.6. The van der Waals surface area contributed by atoms with E-state index in [2.05, 4.69) is 10.6 Å². The molecule has 198 valence electrons. The summed E-state index contributed by atoms with van der Waals surface area (Å²) in [4.78, 5) is 40.9. The van der Waals surface area contributed by atoms with Gasteiger partial charge in [-0.2, -0.15) is 0 Å². The number of urea groups is 1. The van der Waals surface area contributed by atoms with Gasteiger partial charge in [-0.05, 0) is 36.4 Å². The predicted octanol–water partition coefficient (Wildman–Crippen LogP) is 4.67. The number of anilines is 1. The number of carbonyl (C=O) groups excluding carboxylic acids is 3. The van der Waals surface area contributed by atoms with Gasteiger partial charge in [0.2, 0.25) is 5.91 Å². The lowest BCUT2D eigenvalue weighted by Gasteiger charge is -2.39. The molecule has 2 N–H and O–H groups in total. The molecule has 0 bridgehead atoms. The Morgan fingerprint density at radius 2 is 1.58 bits per heavy atom. The van der Waals surface area contributed by atoms with E-state index in [0.717, 1.165) is 46.2 Å². The smallest absolute Gasteiger partial charge is 0.323 e. The Balaban J connectivity index is 1.58. The third-order valence-corrected chi connectivity index (χ3v) is 5.96. The maximum absolute atomic E-state index is 14.3. The Kier molecular flexibility index (Phi) is 7.81. The van der Waals surface area contributed by atoms with Gasteiger partial charge < -0.3 is 20.4 Å². The van der Waals surface area contributed by atoms with Crippen LogP contribution in [0.1, 0.15) is 15.9 Å². The molecular weight excluding hydrogens is 535 g/mol. The van der Waals surface area contributed by atoms with Crippen LogP contribution in [0.15, 0.2) is 54.6 Å². The average Bonchev–Trinajstić information content (AvgIpc) is 2.85. The van der Waals surface area contributed by atoms with Gasteiger partial charge in [-0.15, -0.1) is 0 Å². The van der Waals surface area contributed by atoms with Gasteiger partial charge in [0.25, 0.3) is 5.91 Å². The minimum atomic E-state index is -1.41. The van der Waals surface area contributed by atoms with Gasteiger partial charge in [-0.1, -0.05) is 17.7 Å². The molecule has 0 spiro atoms. The third-order valence-electron chi connectivity index (χ3n) is 5.67. The molecule has 1 fully saturated rings. The summed E-state index contributed by atoms with van der Waals surface area (Å²) in [5.74, 6) is -6.35. The minimum absolute atomic E-state index is 0.0676. The van der Waals surface area contributed by atoms with E-state index in [9.17, 15) is 36.3 Å². The van der Waals surface area contributed by atoms with Crippen molar-refractivity contribution in [2.45, 2.75) is 12.6 Å². The molecule has 4 amide bonds. The van der Waals surface area contributed by atoms with Crippen molar-refractivity contribution in [3.63, 3.8) is 0 Å². The van der Waals surface area contributed by atoms with E-state index in [-0.39, 0.29) is 29.5 Å². The van der Waals surface area contributed by atoms with E-state index in [1.165, 1.54) is 6.07 Å². The van der Waals surface area contributed by atoms with Crippen molar-refractivity contribution in [1.82, 2.24) is 15.1 Å². The van der Waals surface area contributed by atoms with Crippen LogP contribution in [-0.4, -0.2) is 46.9 Å². The fraction of sp³-hybridized carbons (Fsp3) is 0.160. The predicted molar refractivity (Wildman–Crippen MR) is 127 cm³/mol. The molecule has 1 heterocycles. The molecular formula is C25H18ClF5N4O3. The number of nitrogens with one attached hydrogen (secondary N) is 2. The molecule has 1 unspecified atom stereocenters. The zero-order valence-electron chi connectivity index (χ0n) is 19.3. The van der Waals surface area contributed by atoms with Crippen LogP contribution in [0, 0.1) is 29.1 Å². The first-order valence-corrected chi connectivity index (χ1v) is 11.4. The fourth-order valence-electron chi connectivity index (χ4n) is 3.78. The van der Waals surface area contributed by atoms with Crippen LogP contribution in [-0.2, 0) is 11.3 Å². The highest BCUT2D eigenvalue weighted by Crippen LogP contribution is 2.21. The monoisotopic (exact) mass is 552 g/mol. The highest BCUT2D eigenvalue weighted by molar-refractivity contribution is 6.31. The van der Waals surface area contributed by atoms with Gasteiger partial charge in [-0.25, -0.2) is 26.7 Å². The van der Waals surface area contributed by atoms with Gasteiger partial charge in [0, 0.05) is 23.4 Å². The molecule has 0 aliphatic carbocycles. The number of benzene rings is 3. The van der Waals surface area contributed by atoms with Crippen LogP contribution in [0.2, 0.25) is 5.02 Å². The maximum atomic E-state index is 14.3. The Labute approximate surface area is 217 Å². The summed E-state index contributed by atoms with van der Waals surface area (Å²) < 4.78 is 68.5. The summed E-state index contributed by atoms with van der Waals surface area (Å²) in [6.45, 7) is -1.14. The molecule has 1 saturated heterocycles. The summed E-state index contributed by atoms with van der Waals surface area (Å²) in [6, 6.07) is 6.23. The Bertz CT molecular complexity index is 1420. The van der Waals surface area contributed by atoms with E-state index in [1.807, 2.05) is 0 Å². The highest BCUT2D eigenvalue weighted by atomic mass is 35.5. The zero-order valence-corrected chi connectivity index (χ0v) is 20.0. The first-order chi connectivity index (χ1) is 18.0. The Morgan fingerprint density at radius 3 is 2.24 bits per heavy atom. The number of nitrogens with zero attached hydrogens (tertiary/aromatic N) is 2. The summed E-state index contributed by atoms with van der Waals surface area (Å²) in [7, 11) is 0. The molecule has 1 atom stereocenters. The number of hydrogen-bond donors (Lipinski definition) is 2. The van der Waals surface area contributed by atoms with Crippen molar-refractivity contribution in [1.29, 1.82) is 0 Å². The van der Waals surface area contributed by atoms with Crippen molar-refractivity contribution in [2.24, 2.45) is 0 Å². The second-order valence-electron chi connectivity index (χ2n) is 8.35. The van der Waals surface area contributed by atoms with Gasteiger partial charge in [0.1, 0.15) is 35.1 Å². The van der Waals surface area contributed by atoms with Crippen LogP contribution >= 0.6 is 11.6 Å². The molecule has 1 aliphatic heterocycles. The molecule has 0 radical (unpaired) electrons. The lowest BCUT2D eigenvalue weighted by molar-refractivity contribution is -0.139. The first kappa shape index (κ1) is 26.9. The molecule has 3 aromatic rings. The minimum Gasteiger partial charge on any atom is -0.338 e. The molecule has 38 heavy (non-hydrogen) atoms. The van der Waals surface area contributed by atoms with Gasteiger partial charge in [0.05, 0.1) is 30.3 Å². The van der Waals surface area contributed by atoms with Crippen molar-refractivity contribution >= 4 is 35.1 Å². The molecule has 7 nitrogen and oxygen atoms in total. The Morgan fingerprint density at radius 1 is 0.895 bits per heavy atom. The second kappa shape index (κ2) is 11.1. The molecule has 0 saturated carbocycles. The quantitative estimate of drug-likeness (QED) is 0.452. The van der Waals surface area contributed by atoms with Crippen molar-refractivity contribution < 1.29 is 36.3 Å².